The molecule has 0 radical (unpaired) electrons. The third-order valence-corrected chi connectivity index (χ3v) is 3.51. The highest BCUT2D eigenvalue weighted by molar-refractivity contribution is 5.88. The van der Waals surface area contributed by atoms with Crippen LogP contribution in [-0.4, -0.2) is 53.4 Å². The molecule has 0 fully saturated rings. The third-order valence-electron chi connectivity index (χ3n) is 3.51. The highest BCUT2D eigenvalue weighted by Gasteiger charge is 2.23. The average molecular weight is 328 g/mol. The Kier molecular flexibility index (Phi) is 6.14. The summed E-state index contributed by atoms with van der Waals surface area (Å²) >= 11 is 0. The Morgan fingerprint density at radius 1 is 1.21 bits per heavy atom. The molecule has 5 nitrogen and oxygen atoms in total. The van der Waals surface area contributed by atoms with Gasteiger partial charge in [0.2, 0.25) is 5.91 Å². The quantitative estimate of drug-likeness (QED) is 0.764. The van der Waals surface area contributed by atoms with Crippen molar-refractivity contribution in [1.82, 2.24) is 19.8 Å². The number of aromatic nitrogens is 2. The van der Waals surface area contributed by atoms with Crippen LogP contribution in [0.2, 0.25) is 0 Å². The molecule has 0 N–H and O–H groups in total. The molecule has 24 heavy (non-hydrogen) atoms. The van der Waals surface area contributed by atoms with Gasteiger partial charge in [0, 0.05) is 32.1 Å². The summed E-state index contributed by atoms with van der Waals surface area (Å²) in [5.74, 6) is -0.478. The Morgan fingerprint density at radius 3 is 2.50 bits per heavy atom. The van der Waals surface area contributed by atoms with Gasteiger partial charge in [0.25, 0.3) is 0 Å². The molecule has 1 atom stereocenters. The van der Waals surface area contributed by atoms with Crippen LogP contribution in [0.3, 0.4) is 0 Å². The van der Waals surface area contributed by atoms with Crippen molar-refractivity contribution in [2.45, 2.75) is 6.04 Å². The monoisotopic (exact) mass is 328 g/mol. The maximum absolute atomic E-state index is 13.2. The lowest BCUT2D eigenvalue weighted by Gasteiger charge is -2.27. The van der Waals surface area contributed by atoms with Crippen molar-refractivity contribution in [3.8, 4) is 0 Å². The van der Waals surface area contributed by atoms with Gasteiger partial charge in [-0.25, -0.2) is 4.39 Å². The van der Waals surface area contributed by atoms with Crippen LogP contribution < -0.4 is 0 Å². The summed E-state index contributed by atoms with van der Waals surface area (Å²) in [7, 11) is 5.56. The summed E-state index contributed by atoms with van der Waals surface area (Å²) in [6.07, 6.45) is 8.10. The fraction of sp³-hybridized carbons (Fsp3) is 0.278. The van der Waals surface area contributed by atoms with Crippen molar-refractivity contribution < 1.29 is 9.18 Å². The van der Waals surface area contributed by atoms with Crippen LogP contribution in [-0.2, 0) is 4.79 Å². The Balaban J connectivity index is 2.30. The van der Waals surface area contributed by atoms with Crippen LogP contribution in [0, 0.1) is 5.82 Å². The summed E-state index contributed by atoms with van der Waals surface area (Å²) < 4.78 is 13.2. The van der Waals surface area contributed by atoms with Crippen LogP contribution >= 0.6 is 0 Å². The molecular formula is C18H21FN4O. The zero-order valence-corrected chi connectivity index (χ0v) is 14.1. The molecule has 1 aromatic heterocycles. The molecule has 0 aliphatic carbocycles. The third kappa shape index (κ3) is 4.70. The number of carbonyl (C=O) groups excluding carboxylic acids is 1. The highest BCUT2D eigenvalue weighted by Crippen LogP contribution is 2.26. The number of nitrogens with zero attached hydrogens (tertiary/aromatic N) is 4. The van der Waals surface area contributed by atoms with Gasteiger partial charge >= 0.3 is 0 Å². The number of likely N-dealkylation sites (N-methyl/N-ethyl adjacent to an activating group) is 2. The van der Waals surface area contributed by atoms with E-state index in [1.807, 2.05) is 19.0 Å². The van der Waals surface area contributed by atoms with Crippen molar-refractivity contribution in [3.05, 3.63) is 72.1 Å². The van der Waals surface area contributed by atoms with Crippen LogP contribution in [0.1, 0.15) is 17.3 Å². The zero-order valence-electron chi connectivity index (χ0n) is 14.1. The van der Waals surface area contributed by atoms with Gasteiger partial charge in [-0.15, -0.1) is 0 Å². The summed E-state index contributed by atoms with van der Waals surface area (Å²) in [5.41, 5.74) is 1.40. The SMILES string of the molecule is CN(C)C/C=C/C(=O)N(C)C(c1ccc(F)cc1)c1cnccn1. The van der Waals surface area contributed by atoms with Gasteiger partial charge in [-0.1, -0.05) is 18.2 Å². The Bertz CT molecular complexity index is 686. The molecule has 0 saturated heterocycles. The molecule has 2 rings (SSSR count). The molecule has 0 saturated carbocycles. The van der Waals surface area contributed by atoms with Crippen molar-refractivity contribution >= 4 is 5.91 Å². The molecule has 0 spiro atoms. The molecule has 0 aliphatic rings. The first-order valence-electron chi connectivity index (χ1n) is 7.58. The normalized spacial score (nSPS) is 12.5. The second-order valence-electron chi connectivity index (χ2n) is 5.70. The van der Waals surface area contributed by atoms with Crippen LogP contribution in [0.5, 0.6) is 0 Å². The molecule has 126 valence electrons. The van der Waals surface area contributed by atoms with Gasteiger partial charge in [-0.05, 0) is 31.8 Å². The molecule has 0 aliphatic heterocycles. The smallest absolute Gasteiger partial charge is 0.246 e. The lowest BCUT2D eigenvalue weighted by molar-refractivity contribution is -0.126. The van der Waals surface area contributed by atoms with E-state index in [1.165, 1.54) is 18.2 Å². The number of halogens is 1. The number of amides is 1. The fourth-order valence-corrected chi connectivity index (χ4v) is 2.30. The van der Waals surface area contributed by atoms with E-state index >= 15 is 0 Å². The minimum atomic E-state index is -0.434. The first kappa shape index (κ1) is 17.7. The minimum absolute atomic E-state index is 0.156. The van der Waals surface area contributed by atoms with E-state index in [0.29, 0.717) is 12.2 Å². The number of hydrogen-bond donors (Lipinski definition) is 0. The summed E-state index contributed by atoms with van der Waals surface area (Å²) in [6.45, 7) is 0.673. The largest absolute Gasteiger partial charge is 0.329 e. The van der Waals surface area contributed by atoms with Gasteiger partial charge in [-0.2, -0.15) is 0 Å². The number of rotatable bonds is 6. The van der Waals surface area contributed by atoms with Crippen molar-refractivity contribution in [1.29, 1.82) is 0 Å². The fourth-order valence-electron chi connectivity index (χ4n) is 2.30. The van der Waals surface area contributed by atoms with E-state index in [9.17, 15) is 9.18 Å². The van der Waals surface area contributed by atoms with Crippen molar-refractivity contribution in [2.24, 2.45) is 0 Å². The minimum Gasteiger partial charge on any atom is -0.329 e. The van der Waals surface area contributed by atoms with E-state index in [-0.39, 0.29) is 11.7 Å². The average Bonchev–Trinajstić information content (AvgIpc) is 2.57. The van der Waals surface area contributed by atoms with Crippen LogP contribution in [0.15, 0.2) is 55.0 Å². The summed E-state index contributed by atoms with van der Waals surface area (Å²) in [4.78, 5) is 24.4. The molecular weight excluding hydrogens is 307 g/mol. The Hall–Kier alpha value is -2.60. The Labute approximate surface area is 141 Å². The first-order chi connectivity index (χ1) is 11.5. The van der Waals surface area contributed by atoms with Gasteiger partial charge in [0.1, 0.15) is 11.9 Å². The summed E-state index contributed by atoms with van der Waals surface area (Å²) in [5, 5.41) is 0. The van der Waals surface area contributed by atoms with E-state index in [1.54, 1.807) is 48.7 Å². The second kappa shape index (κ2) is 8.31. The van der Waals surface area contributed by atoms with Gasteiger partial charge in [0.15, 0.2) is 0 Å². The first-order valence-corrected chi connectivity index (χ1v) is 7.58. The lowest BCUT2D eigenvalue weighted by Crippen LogP contribution is -2.31. The van der Waals surface area contributed by atoms with E-state index in [2.05, 4.69) is 9.97 Å². The summed E-state index contributed by atoms with van der Waals surface area (Å²) in [6, 6.07) is 5.62. The lowest BCUT2D eigenvalue weighted by atomic mass is 10.0. The zero-order chi connectivity index (χ0) is 17.5. The van der Waals surface area contributed by atoms with Gasteiger partial charge in [-0.3, -0.25) is 14.8 Å². The molecule has 1 aromatic carbocycles. The molecule has 0 bridgehead atoms. The number of benzene rings is 1. The Morgan fingerprint density at radius 2 is 1.92 bits per heavy atom. The predicted molar refractivity (Wildman–Crippen MR) is 90.7 cm³/mol. The standard InChI is InChI=1S/C18H21FN4O/c1-22(2)12-4-5-17(24)23(3)18(16-13-20-10-11-21-16)14-6-8-15(19)9-7-14/h4-11,13,18H,12H2,1-3H3/b5-4+. The second-order valence-corrected chi connectivity index (χ2v) is 5.70. The van der Waals surface area contributed by atoms with E-state index < -0.39 is 6.04 Å². The van der Waals surface area contributed by atoms with Crippen LogP contribution in [0.25, 0.3) is 0 Å². The van der Waals surface area contributed by atoms with Crippen LogP contribution in [0.4, 0.5) is 4.39 Å². The van der Waals surface area contributed by atoms with Crippen molar-refractivity contribution in [2.75, 3.05) is 27.7 Å². The molecule has 1 amide bonds. The van der Waals surface area contributed by atoms with E-state index in [0.717, 1.165) is 5.56 Å². The van der Waals surface area contributed by atoms with Gasteiger partial charge < -0.3 is 9.80 Å². The highest BCUT2D eigenvalue weighted by atomic mass is 19.1. The topological polar surface area (TPSA) is 49.3 Å². The number of hydrogen-bond acceptors (Lipinski definition) is 4. The molecule has 1 heterocycles. The molecule has 2 aromatic rings. The van der Waals surface area contributed by atoms with E-state index in [4.69, 9.17) is 0 Å². The molecule has 1 unspecified atom stereocenters. The van der Waals surface area contributed by atoms with Gasteiger partial charge in [0.05, 0.1) is 11.9 Å². The number of carbonyl (C=O) groups is 1. The maximum Gasteiger partial charge on any atom is 0.246 e. The predicted octanol–water partition coefficient (Wildman–Crippen LogP) is 2.28. The maximum atomic E-state index is 13.2. The van der Waals surface area contributed by atoms with Crippen molar-refractivity contribution in [3.63, 3.8) is 0 Å². The molecule has 6 heteroatoms.